The summed E-state index contributed by atoms with van der Waals surface area (Å²) in [6.45, 7) is 6.24. The second kappa shape index (κ2) is 6.94. The van der Waals surface area contributed by atoms with Crippen LogP contribution in [0.25, 0.3) is 26.5 Å². The highest BCUT2D eigenvalue weighted by Gasteiger charge is 2.15. The molecule has 2 aromatic heterocycles. The van der Waals surface area contributed by atoms with Gasteiger partial charge in [-0.3, -0.25) is 0 Å². The number of thiazole rings is 2. The van der Waals surface area contributed by atoms with Crippen molar-refractivity contribution in [2.24, 2.45) is 4.99 Å². The summed E-state index contributed by atoms with van der Waals surface area (Å²) in [6, 6.07) is 17.0. The van der Waals surface area contributed by atoms with Gasteiger partial charge in [-0.2, -0.15) is 4.57 Å². The SMILES string of the molecule is CCn1c(=N/C=C\c2sc3ccccc3[n+]2CC)sc2ccccc21. The molecule has 0 aliphatic carbocycles. The molecule has 0 atom stereocenters. The maximum atomic E-state index is 4.75. The van der Waals surface area contributed by atoms with Gasteiger partial charge in [0, 0.05) is 24.9 Å². The van der Waals surface area contributed by atoms with E-state index in [2.05, 4.69) is 77.6 Å². The molecule has 0 spiro atoms. The number of benzene rings is 2. The molecule has 0 bridgehead atoms. The molecular formula is C20H20N3S2+. The molecule has 0 aliphatic rings. The predicted molar refractivity (Wildman–Crippen MR) is 108 cm³/mol. The number of hydrogen-bond acceptors (Lipinski definition) is 3. The van der Waals surface area contributed by atoms with Crippen LogP contribution in [0, 0.1) is 0 Å². The smallest absolute Gasteiger partial charge is 0.264 e. The van der Waals surface area contributed by atoms with E-state index in [9.17, 15) is 0 Å². The Labute approximate surface area is 154 Å². The van der Waals surface area contributed by atoms with Gasteiger partial charge in [-0.15, -0.1) is 0 Å². The molecule has 3 nitrogen and oxygen atoms in total. The lowest BCUT2D eigenvalue weighted by Crippen LogP contribution is -2.33. The number of para-hydroxylation sites is 2. The molecule has 0 saturated heterocycles. The van der Waals surface area contributed by atoms with Gasteiger partial charge in [-0.05, 0) is 32.0 Å². The third-order valence-corrected chi connectivity index (χ3v) is 6.46. The van der Waals surface area contributed by atoms with Crippen LogP contribution < -0.4 is 9.37 Å². The lowest BCUT2D eigenvalue weighted by molar-refractivity contribution is -0.665. The predicted octanol–water partition coefficient (Wildman–Crippen LogP) is 4.82. The van der Waals surface area contributed by atoms with E-state index in [1.54, 1.807) is 11.3 Å². The van der Waals surface area contributed by atoms with Crippen LogP contribution in [0.4, 0.5) is 0 Å². The van der Waals surface area contributed by atoms with E-state index in [-0.39, 0.29) is 0 Å². The van der Waals surface area contributed by atoms with E-state index in [0.29, 0.717) is 0 Å². The van der Waals surface area contributed by atoms with Crippen molar-refractivity contribution in [3.8, 4) is 0 Å². The molecule has 25 heavy (non-hydrogen) atoms. The number of fused-ring (bicyclic) bond motifs is 2. The first-order valence-electron chi connectivity index (χ1n) is 8.52. The Kier molecular flexibility index (Phi) is 4.51. The lowest BCUT2D eigenvalue weighted by Gasteiger charge is -1.98. The molecule has 0 radical (unpaired) electrons. The fourth-order valence-corrected chi connectivity index (χ4v) is 5.29. The Balaban J connectivity index is 1.77. The van der Waals surface area contributed by atoms with E-state index in [1.807, 2.05) is 17.5 Å². The minimum Gasteiger partial charge on any atom is -0.317 e. The van der Waals surface area contributed by atoms with Crippen molar-refractivity contribution in [1.82, 2.24) is 4.57 Å². The fourth-order valence-electron chi connectivity index (χ4n) is 3.09. The van der Waals surface area contributed by atoms with E-state index >= 15 is 0 Å². The highest BCUT2D eigenvalue weighted by atomic mass is 32.1. The zero-order valence-electron chi connectivity index (χ0n) is 14.3. The molecule has 5 heteroatoms. The lowest BCUT2D eigenvalue weighted by atomic mass is 10.3. The summed E-state index contributed by atoms with van der Waals surface area (Å²) >= 11 is 3.55. The van der Waals surface area contributed by atoms with Crippen LogP contribution in [0.2, 0.25) is 0 Å². The van der Waals surface area contributed by atoms with Crippen LogP contribution in [-0.2, 0) is 13.1 Å². The number of hydrogen-bond donors (Lipinski definition) is 0. The molecule has 0 saturated carbocycles. The zero-order chi connectivity index (χ0) is 17.2. The van der Waals surface area contributed by atoms with Gasteiger partial charge in [0.2, 0.25) is 5.52 Å². The van der Waals surface area contributed by atoms with Gasteiger partial charge in [0.15, 0.2) is 4.80 Å². The van der Waals surface area contributed by atoms with Crippen molar-refractivity contribution < 1.29 is 4.57 Å². The van der Waals surface area contributed by atoms with Crippen molar-refractivity contribution in [2.75, 3.05) is 0 Å². The van der Waals surface area contributed by atoms with Crippen molar-refractivity contribution in [3.63, 3.8) is 0 Å². The van der Waals surface area contributed by atoms with E-state index < -0.39 is 0 Å². The molecule has 0 unspecified atom stereocenters. The van der Waals surface area contributed by atoms with Gasteiger partial charge in [0.25, 0.3) is 5.01 Å². The van der Waals surface area contributed by atoms with Crippen LogP contribution in [0.1, 0.15) is 18.9 Å². The van der Waals surface area contributed by atoms with Crippen molar-refractivity contribution in [3.05, 3.63) is 64.5 Å². The summed E-state index contributed by atoms with van der Waals surface area (Å²) in [5.74, 6) is 0. The van der Waals surface area contributed by atoms with Crippen molar-refractivity contribution in [2.45, 2.75) is 26.9 Å². The number of nitrogens with zero attached hydrogens (tertiary/aromatic N) is 3. The van der Waals surface area contributed by atoms with Crippen LogP contribution in [0.5, 0.6) is 0 Å². The molecule has 4 aromatic rings. The standard InChI is InChI=1S/C20H20N3S2/c1-3-22-15-9-5-7-11-17(15)24-19(22)13-14-21-20-23(4-2)16-10-6-8-12-18(16)25-20/h5-14H,3-4H2,1-2H3/q+1. The summed E-state index contributed by atoms with van der Waals surface area (Å²) in [7, 11) is 0. The van der Waals surface area contributed by atoms with Gasteiger partial charge in [-0.1, -0.05) is 46.9 Å². The molecule has 0 aliphatic heterocycles. The minimum atomic E-state index is 0.925. The molecule has 126 valence electrons. The minimum absolute atomic E-state index is 0.925. The van der Waals surface area contributed by atoms with Crippen LogP contribution in [0.3, 0.4) is 0 Å². The normalized spacial score (nSPS) is 12.8. The van der Waals surface area contributed by atoms with Gasteiger partial charge >= 0.3 is 0 Å². The Hall–Kier alpha value is -2.24. The van der Waals surface area contributed by atoms with E-state index in [1.165, 1.54) is 25.4 Å². The van der Waals surface area contributed by atoms with Crippen LogP contribution >= 0.6 is 22.7 Å². The molecule has 0 fully saturated rings. The van der Waals surface area contributed by atoms with Gasteiger partial charge in [-0.25, -0.2) is 4.99 Å². The third kappa shape index (κ3) is 2.94. The summed E-state index contributed by atoms with van der Waals surface area (Å²) in [4.78, 5) is 5.79. The zero-order valence-corrected chi connectivity index (χ0v) is 16.0. The molecular weight excluding hydrogens is 346 g/mol. The molecule has 4 rings (SSSR count). The molecule has 2 heterocycles. The number of rotatable bonds is 4. The quantitative estimate of drug-likeness (QED) is 0.462. The van der Waals surface area contributed by atoms with Gasteiger partial charge in [0.1, 0.15) is 11.2 Å². The second-order valence-electron chi connectivity index (χ2n) is 5.69. The summed E-state index contributed by atoms with van der Waals surface area (Å²) in [5, 5.41) is 1.23. The number of aromatic nitrogens is 2. The molecule has 0 amide bonds. The Morgan fingerprint density at radius 1 is 1.00 bits per heavy atom. The summed E-state index contributed by atoms with van der Waals surface area (Å²) < 4.78 is 7.20. The molecule has 0 N–H and O–H groups in total. The Morgan fingerprint density at radius 2 is 1.76 bits per heavy atom. The van der Waals surface area contributed by atoms with E-state index in [4.69, 9.17) is 4.99 Å². The van der Waals surface area contributed by atoms with Gasteiger partial charge in [0.05, 0.1) is 10.2 Å². The fraction of sp³-hybridized carbons (Fsp3) is 0.200. The Morgan fingerprint density at radius 3 is 2.56 bits per heavy atom. The average molecular weight is 367 g/mol. The highest BCUT2D eigenvalue weighted by Crippen LogP contribution is 2.21. The van der Waals surface area contributed by atoms with E-state index in [0.717, 1.165) is 17.9 Å². The first-order valence-corrected chi connectivity index (χ1v) is 10.1. The largest absolute Gasteiger partial charge is 0.317 e. The molecule has 2 aromatic carbocycles. The summed E-state index contributed by atoms with van der Waals surface area (Å²) in [6.07, 6.45) is 4.06. The maximum Gasteiger partial charge on any atom is 0.264 e. The first kappa shape index (κ1) is 16.2. The first-order chi connectivity index (χ1) is 12.3. The number of aryl methyl sites for hydroxylation is 2. The second-order valence-corrected chi connectivity index (χ2v) is 7.77. The topological polar surface area (TPSA) is 21.2 Å². The maximum absolute atomic E-state index is 4.75. The monoisotopic (exact) mass is 366 g/mol. The van der Waals surface area contributed by atoms with Gasteiger partial charge < -0.3 is 4.57 Å². The van der Waals surface area contributed by atoms with Crippen LogP contribution in [-0.4, -0.2) is 4.57 Å². The third-order valence-electron chi connectivity index (χ3n) is 4.26. The Bertz CT molecular complexity index is 1130. The van der Waals surface area contributed by atoms with Crippen molar-refractivity contribution in [1.29, 1.82) is 0 Å². The average Bonchev–Trinajstić information content (AvgIpc) is 3.18. The van der Waals surface area contributed by atoms with Crippen molar-refractivity contribution >= 4 is 49.2 Å². The highest BCUT2D eigenvalue weighted by molar-refractivity contribution is 7.18. The summed E-state index contributed by atoms with van der Waals surface area (Å²) in [5.41, 5.74) is 2.55. The van der Waals surface area contributed by atoms with Crippen LogP contribution in [0.15, 0.2) is 59.7 Å².